The molecule has 1 atom stereocenters. The van der Waals surface area contributed by atoms with Crippen LogP contribution >= 0.6 is 0 Å². The highest BCUT2D eigenvalue weighted by atomic mass is 32.2. The van der Waals surface area contributed by atoms with Gasteiger partial charge in [-0.2, -0.15) is 0 Å². The van der Waals surface area contributed by atoms with E-state index in [1.54, 1.807) is 30.1 Å². The number of carbonyl (C=O) groups is 1. The van der Waals surface area contributed by atoms with Crippen LogP contribution in [0.15, 0.2) is 65.6 Å². The number of primary sulfonamides is 1. The minimum absolute atomic E-state index is 0.0404. The third-order valence-electron chi connectivity index (χ3n) is 4.41. The lowest BCUT2D eigenvalue weighted by molar-refractivity contribution is 0.0737. The molecule has 0 saturated carbocycles. The van der Waals surface area contributed by atoms with Crippen LogP contribution in [0.3, 0.4) is 0 Å². The van der Waals surface area contributed by atoms with E-state index in [0.29, 0.717) is 5.69 Å². The topological polar surface area (TPSA) is 93.4 Å². The SMILES string of the molecule is CC(c1ccc(S(N)(=O)=O)cc1)N(C)C(=O)c1ccc2ccccc2n1. The molecule has 1 amide bonds. The molecule has 6 nitrogen and oxygen atoms in total. The van der Waals surface area contributed by atoms with Crippen LogP contribution in [0.2, 0.25) is 0 Å². The molecule has 0 aliphatic carbocycles. The van der Waals surface area contributed by atoms with Crippen LogP contribution in [0.4, 0.5) is 0 Å². The van der Waals surface area contributed by atoms with Crippen LogP contribution < -0.4 is 5.14 Å². The predicted octanol–water partition coefficient (Wildman–Crippen LogP) is 2.72. The summed E-state index contributed by atoms with van der Waals surface area (Å²) >= 11 is 0. The van der Waals surface area contributed by atoms with Gasteiger partial charge in [0.05, 0.1) is 16.5 Å². The zero-order chi connectivity index (χ0) is 18.9. The number of sulfonamides is 1. The molecule has 0 aliphatic rings. The van der Waals surface area contributed by atoms with Crippen molar-refractivity contribution in [1.82, 2.24) is 9.88 Å². The first kappa shape index (κ1) is 18.0. The fourth-order valence-electron chi connectivity index (χ4n) is 2.70. The average molecular weight is 369 g/mol. The first-order valence-corrected chi connectivity index (χ1v) is 9.58. The first-order valence-electron chi connectivity index (χ1n) is 8.03. The van der Waals surface area contributed by atoms with E-state index in [-0.39, 0.29) is 16.8 Å². The van der Waals surface area contributed by atoms with Gasteiger partial charge in [-0.25, -0.2) is 18.5 Å². The molecule has 0 saturated heterocycles. The van der Waals surface area contributed by atoms with Gasteiger partial charge in [-0.3, -0.25) is 4.79 Å². The first-order chi connectivity index (χ1) is 12.3. The molecule has 3 rings (SSSR count). The predicted molar refractivity (Wildman–Crippen MR) is 100 cm³/mol. The van der Waals surface area contributed by atoms with Crippen molar-refractivity contribution in [3.05, 3.63) is 71.9 Å². The Balaban J connectivity index is 1.84. The van der Waals surface area contributed by atoms with Gasteiger partial charge in [0.15, 0.2) is 0 Å². The lowest BCUT2D eigenvalue weighted by atomic mass is 10.1. The lowest BCUT2D eigenvalue weighted by Crippen LogP contribution is -2.30. The molecule has 3 aromatic rings. The standard InChI is InChI=1S/C19H19N3O3S/c1-13(14-7-10-16(11-8-14)26(20,24)25)22(2)19(23)18-12-9-15-5-3-4-6-17(15)21-18/h3-13H,1-2H3,(H2,20,24,25). The summed E-state index contributed by atoms with van der Waals surface area (Å²) in [6, 6.07) is 17.1. The second kappa shape index (κ2) is 6.86. The summed E-state index contributed by atoms with van der Waals surface area (Å²) in [6.07, 6.45) is 0. The second-order valence-corrected chi connectivity index (χ2v) is 7.66. The highest BCUT2D eigenvalue weighted by Gasteiger charge is 2.20. The number of hydrogen-bond donors (Lipinski definition) is 1. The largest absolute Gasteiger partial charge is 0.334 e. The normalized spacial score (nSPS) is 12.7. The molecule has 0 bridgehead atoms. The van der Waals surface area contributed by atoms with Crippen LogP contribution in [-0.2, 0) is 10.0 Å². The number of fused-ring (bicyclic) bond motifs is 1. The smallest absolute Gasteiger partial charge is 0.272 e. The van der Waals surface area contributed by atoms with Crippen LogP contribution in [0, 0.1) is 0 Å². The molecule has 7 heteroatoms. The Labute approximate surface area is 152 Å². The zero-order valence-electron chi connectivity index (χ0n) is 14.5. The van der Waals surface area contributed by atoms with Crippen LogP contribution in [0.5, 0.6) is 0 Å². The molecule has 1 aromatic heterocycles. The number of hydrogen-bond acceptors (Lipinski definition) is 4. The van der Waals surface area contributed by atoms with E-state index in [1.165, 1.54) is 12.1 Å². The van der Waals surface area contributed by atoms with Crippen molar-refractivity contribution in [2.75, 3.05) is 7.05 Å². The highest BCUT2D eigenvalue weighted by molar-refractivity contribution is 7.89. The molecule has 0 fully saturated rings. The van der Waals surface area contributed by atoms with Gasteiger partial charge in [0.2, 0.25) is 10.0 Å². The molecule has 0 radical (unpaired) electrons. The zero-order valence-corrected chi connectivity index (χ0v) is 15.3. The van der Waals surface area contributed by atoms with E-state index < -0.39 is 10.0 Å². The molecule has 2 N–H and O–H groups in total. The summed E-state index contributed by atoms with van der Waals surface area (Å²) < 4.78 is 22.7. The maximum atomic E-state index is 12.8. The molecule has 1 unspecified atom stereocenters. The Kier molecular flexibility index (Phi) is 4.76. The van der Waals surface area contributed by atoms with Crippen molar-refractivity contribution in [3.8, 4) is 0 Å². The van der Waals surface area contributed by atoms with Gasteiger partial charge in [0.1, 0.15) is 5.69 Å². The van der Waals surface area contributed by atoms with Gasteiger partial charge in [-0.05, 0) is 36.8 Å². The van der Waals surface area contributed by atoms with Gasteiger partial charge < -0.3 is 4.90 Å². The van der Waals surface area contributed by atoms with Gasteiger partial charge in [-0.15, -0.1) is 0 Å². The fraction of sp³-hybridized carbons (Fsp3) is 0.158. The molecular formula is C19H19N3O3S. The van der Waals surface area contributed by atoms with Crippen LogP contribution in [-0.4, -0.2) is 31.3 Å². The van der Waals surface area contributed by atoms with Gasteiger partial charge in [0.25, 0.3) is 5.91 Å². The number of nitrogens with two attached hydrogens (primary N) is 1. The summed E-state index contributed by atoms with van der Waals surface area (Å²) in [7, 11) is -2.04. The van der Waals surface area contributed by atoms with E-state index in [1.807, 2.05) is 37.3 Å². The van der Waals surface area contributed by atoms with Crippen LogP contribution in [0.1, 0.15) is 29.0 Å². The number of aromatic nitrogens is 1. The molecule has 0 aliphatic heterocycles. The summed E-state index contributed by atoms with van der Waals surface area (Å²) in [5, 5.41) is 6.08. The minimum atomic E-state index is -3.74. The number of para-hydroxylation sites is 1. The summed E-state index contributed by atoms with van der Waals surface area (Å²) in [5.41, 5.74) is 1.92. The van der Waals surface area contributed by atoms with Gasteiger partial charge in [0, 0.05) is 12.4 Å². The highest BCUT2D eigenvalue weighted by Crippen LogP contribution is 2.22. The van der Waals surface area contributed by atoms with Gasteiger partial charge in [-0.1, -0.05) is 36.4 Å². The quantitative estimate of drug-likeness (QED) is 0.765. The molecule has 2 aromatic carbocycles. The maximum Gasteiger partial charge on any atom is 0.272 e. The van der Waals surface area contributed by atoms with Crippen molar-refractivity contribution in [1.29, 1.82) is 0 Å². The third-order valence-corrected chi connectivity index (χ3v) is 5.34. The number of amides is 1. The summed E-state index contributed by atoms with van der Waals surface area (Å²) in [4.78, 5) is 18.8. The average Bonchev–Trinajstić information content (AvgIpc) is 2.65. The van der Waals surface area contributed by atoms with E-state index in [9.17, 15) is 13.2 Å². The number of nitrogens with zero attached hydrogens (tertiary/aromatic N) is 2. The van der Waals surface area contributed by atoms with Crippen LogP contribution in [0.25, 0.3) is 10.9 Å². The second-order valence-electron chi connectivity index (χ2n) is 6.10. The summed E-state index contributed by atoms with van der Waals surface area (Å²) in [5.74, 6) is -0.209. The van der Waals surface area contributed by atoms with E-state index in [4.69, 9.17) is 5.14 Å². The third kappa shape index (κ3) is 3.58. The van der Waals surface area contributed by atoms with E-state index in [2.05, 4.69) is 4.98 Å². The van der Waals surface area contributed by atoms with Crippen molar-refractivity contribution >= 4 is 26.8 Å². The Hall–Kier alpha value is -2.77. The van der Waals surface area contributed by atoms with E-state index >= 15 is 0 Å². The Morgan fingerprint density at radius 2 is 1.69 bits per heavy atom. The molecule has 1 heterocycles. The minimum Gasteiger partial charge on any atom is -0.334 e. The number of carbonyl (C=O) groups excluding carboxylic acids is 1. The van der Waals surface area contributed by atoms with Crippen molar-refractivity contribution in [2.45, 2.75) is 17.9 Å². The van der Waals surface area contributed by atoms with E-state index in [0.717, 1.165) is 16.5 Å². The fourth-order valence-corrected chi connectivity index (χ4v) is 3.22. The molecule has 26 heavy (non-hydrogen) atoms. The maximum absolute atomic E-state index is 12.8. The number of benzene rings is 2. The monoisotopic (exact) mass is 369 g/mol. The molecular weight excluding hydrogens is 350 g/mol. The molecule has 134 valence electrons. The van der Waals surface area contributed by atoms with Gasteiger partial charge >= 0.3 is 0 Å². The number of pyridine rings is 1. The Morgan fingerprint density at radius 3 is 2.35 bits per heavy atom. The van der Waals surface area contributed by atoms with Crippen molar-refractivity contribution in [3.63, 3.8) is 0 Å². The Bertz CT molecular complexity index is 1060. The van der Waals surface area contributed by atoms with Crippen molar-refractivity contribution in [2.24, 2.45) is 5.14 Å². The molecule has 0 spiro atoms. The number of rotatable bonds is 4. The Morgan fingerprint density at radius 1 is 1.04 bits per heavy atom. The van der Waals surface area contributed by atoms with Crippen molar-refractivity contribution < 1.29 is 13.2 Å². The summed E-state index contributed by atoms with van der Waals surface area (Å²) in [6.45, 7) is 1.87. The lowest BCUT2D eigenvalue weighted by Gasteiger charge is -2.25.